The average Bonchev–Trinajstić information content (AvgIpc) is 2.37. The van der Waals surface area contributed by atoms with Gasteiger partial charge in [0.2, 0.25) is 5.91 Å². The molecule has 1 rings (SSSR count). The quantitative estimate of drug-likeness (QED) is 0.774. The Morgan fingerprint density at radius 1 is 1.32 bits per heavy atom. The van der Waals surface area contributed by atoms with Gasteiger partial charge in [0.15, 0.2) is 0 Å². The summed E-state index contributed by atoms with van der Waals surface area (Å²) in [6.07, 6.45) is 0.732. The lowest BCUT2D eigenvalue weighted by Crippen LogP contribution is -2.32. The molecular formula is C17H25NO4. The average molecular weight is 307 g/mol. The van der Waals surface area contributed by atoms with Crippen molar-refractivity contribution in [3.8, 4) is 5.75 Å². The maximum atomic E-state index is 11.9. The molecule has 0 aliphatic heterocycles. The van der Waals surface area contributed by atoms with Crippen molar-refractivity contribution >= 4 is 11.9 Å². The van der Waals surface area contributed by atoms with Gasteiger partial charge in [0, 0.05) is 6.54 Å². The molecule has 0 unspecified atom stereocenters. The number of aliphatic carboxylic acids is 1. The fourth-order valence-corrected chi connectivity index (χ4v) is 1.87. The lowest BCUT2D eigenvalue weighted by Gasteiger charge is -2.18. The van der Waals surface area contributed by atoms with Gasteiger partial charge in [-0.25, -0.2) is 0 Å². The summed E-state index contributed by atoms with van der Waals surface area (Å²) < 4.78 is 5.59. The molecule has 0 spiro atoms. The van der Waals surface area contributed by atoms with Gasteiger partial charge in [-0.3, -0.25) is 9.59 Å². The van der Waals surface area contributed by atoms with Crippen molar-refractivity contribution in [2.75, 3.05) is 6.54 Å². The number of nitrogens with one attached hydrogen (secondary N) is 1. The Bertz CT molecular complexity index is 523. The SMILES string of the molecule is CC(C)Oc1cccc(CC(=O)NCCC(C)(C)C(=O)O)c1. The first-order chi connectivity index (χ1) is 10.2. The molecule has 0 atom stereocenters. The molecule has 1 amide bonds. The smallest absolute Gasteiger partial charge is 0.309 e. The van der Waals surface area contributed by atoms with Crippen LogP contribution >= 0.6 is 0 Å². The summed E-state index contributed by atoms with van der Waals surface area (Å²) in [5, 5.41) is 11.8. The molecule has 5 nitrogen and oxygen atoms in total. The molecule has 0 fully saturated rings. The van der Waals surface area contributed by atoms with Crippen molar-refractivity contribution in [2.24, 2.45) is 5.41 Å². The number of hydrogen-bond donors (Lipinski definition) is 2. The van der Waals surface area contributed by atoms with Gasteiger partial charge in [0.1, 0.15) is 5.75 Å². The Morgan fingerprint density at radius 2 is 2.00 bits per heavy atom. The molecule has 0 bridgehead atoms. The van der Waals surface area contributed by atoms with Crippen LogP contribution in [0.5, 0.6) is 5.75 Å². The maximum Gasteiger partial charge on any atom is 0.309 e. The molecule has 0 aliphatic carbocycles. The van der Waals surface area contributed by atoms with Crippen LogP contribution in [-0.2, 0) is 16.0 Å². The van der Waals surface area contributed by atoms with E-state index < -0.39 is 11.4 Å². The third-order valence-electron chi connectivity index (χ3n) is 3.29. The Hall–Kier alpha value is -2.04. The monoisotopic (exact) mass is 307 g/mol. The number of carboxylic acids is 1. The molecule has 122 valence electrons. The zero-order valence-corrected chi connectivity index (χ0v) is 13.7. The van der Waals surface area contributed by atoms with Crippen molar-refractivity contribution < 1.29 is 19.4 Å². The predicted molar refractivity (Wildman–Crippen MR) is 85.0 cm³/mol. The first kappa shape index (κ1) is 18.0. The summed E-state index contributed by atoms with van der Waals surface area (Å²) >= 11 is 0. The van der Waals surface area contributed by atoms with Crippen LogP contribution in [-0.4, -0.2) is 29.6 Å². The number of benzene rings is 1. The highest BCUT2D eigenvalue weighted by atomic mass is 16.5. The molecule has 1 aromatic rings. The predicted octanol–water partition coefficient (Wildman–Crippen LogP) is 2.63. The lowest BCUT2D eigenvalue weighted by atomic mass is 9.90. The standard InChI is InChI=1S/C17H25NO4/c1-12(2)22-14-7-5-6-13(10-14)11-15(19)18-9-8-17(3,4)16(20)21/h5-7,10,12H,8-9,11H2,1-4H3,(H,18,19)(H,20,21). The fraction of sp³-hybridized carbons (Fsp3) is 0.529. The molecule has 0 radical (unpaired) electrons. The van der Waals surface area contributed by atoms with E-state index in [1.54, 1.807) is 13.8 Å². The molecule has 2 N–H and O–H groups in total. The molecule has 22 heavy (non-hydrogen) atoms. The highest BCUT2D eigenvalue weighted by Gasteiger charge is 2.26. The lowest BCUT2D eigenvalue weighted by molar-refractivity contribution is -0.147. The number of hydrogen-bond acceptors (Lipinski definition) is 3. The van der Waals surface area contributed by atoms with E-state index in [-0.39, 0.29) is 18.4 Å². The van der Waals surface area contributed by atoms with Gasteiger partial charge < -0.3 is 15.2 Å². The Balaban J connectivity index is 2.47. The van der Waals surface area contributed by atoms with Crippen LogP contribution in [0.4, 0.5) is 0 Å². The van der Waals surface area contributed by atoms with E-state index in [4.69, 9.17) is 9.84 Å². The third-order valence-corrected chi connectivity index (χ3v) is 3.29. The summed E-state index contributed by atoms with van der Waals surface area (Å²) in [5.74, 6) is -0.240. The Morgan fingerprint density at radius 3 is 2.59 bits per heavy atom. The van der Waals surface area contributed by atoms with E-state index in [2.05, 4.69) is 5.32 Å². The van der Waals surface area contributed by atoms with Crippen LogP contribution in [0, 0.1) is 5.41 Å². The van der Waals surface area contributed by atoms with Crippen LogP contribution in [0.25, 0.3) is 0 Å². The van der Waals surface area contributed by atoms with Crippen molar-refractivity contribution in [3.05, 3.63) is 29.8 Å². The largest absolute Gasteiger partial charge is 0.491 e. The normalized spacial score (nSPS) is 11.3. The highest BCUT2D eigenvalue weighted by Crippen LogP contribution is 2.19. The number of carboxylic acid groups (broad SMARTS) is 1. The van der Waals surface area contributed by atoms with Crippen LogP contribution in [0.15, 0.2) is 24.3 Å². The molecule has 1 aromatic carbocycles. The van der Waals surface area contributed by atoms with Gasteiger partial charge in [-0.2, -0.15) is 0 Å². The molecule has 5 heteroatoms. The second-order valence-electron chi connectivity index (χ2n) is 6.28. The minimum Gasteiger partial charge on any atom is -0.491 e. The summed E-state index contributed by atoms with van der Waals surface area (Å²) in [5.41, 5.74) is 0.0336. The van der Waals surface area contributed by atoms with Crippen LogP contribution in [0.1, 0.15) is 39.7 Å². The summed E-state index contributed by atoms with van der Waals surface area (Å²) in [6, 6.07) is 7.43. The van der Waals surface area contributed by atoms with Crippen molar-refractivity contribution in [1.29, 1.82) is 0 Å². The van der Waals surface area contributed by atoms with Crippen LogP contribution < -0.4 is 10.1 Å². The van der Waals surface area contributed by atoms with Crippen molar-refractivity contribution in [3.63, 3.8) is 0 Å². The van der Waals surface area contributed by atoms with E-state index in [1.165, 1.54) is 0 Å². The van der Waals surface area contributed by atoms with Crippen molar-refractivity contribution in [1.82, 2.24) is 5.32 Å². The maximum absolute atomic E-state index is 11.9. The fourth-order valence-electron chi connectivity index (χ4n) is 1.87. The molecule has 0 saturated carbocycles. The summed E-state index contributed by atoms with van der Waals surface area (Å²) in [4.78, 5) is 22.9. The summed E-state index contributed by atoms with van der Waals surface area (Å²) in [7, 11) is 0. The van der Waals surface area contributed by atoms with Gasteiger partial charge in [-0.15, -0.1) is 0 Å². The van der Waals surface area contributed by atoms with Gasteiger partial charge in [0.25, 0.3) is 0 Å². The number of carbonyl (C=O) groups is 2. The number of carbonyl (C=O) groups excluding carboxylic acids is 1. The van der Waals surface area contributed by atoms with Gasteiger partial charge >= 0.3 is 5.97 Å². The first-order valence-corrected chi connectivity index (χ1v) is 7.46. The Labute approximate surface area is 131 Å². The zero-order valence-electron chi connectivity index (χ0n) is 13.7. The summed E-state index contributed by atoms with van der Waals surface area (Å²) in [6.45, 7) is 7.54. The zero-order chi connectivity index (χ0) is 16.8. The highest BCUT2D eigenvalue weighted by molar-refractivity contribution is 5.79. The second kappa shape index (κ2) is 7.82. The number of ether oxygens (including phenoxy) is 1. The van der Waals surface area contributed by atoms with Gasteiger partial charge in [-0.1, -0.05) is 12.1 Å². The van der Waals surface area contributed by atoms with Gasteiger partial charge in [0.05, 0.1) is 17.9 Å². The van der Waals surface area contributed by atoms with E-state index in [1.807, 2.05) is 38.1 Å². The van der Waals surface area contributed by atoms with Crippen molar-refractivity contribution in [2.45, 2.75) is 46.6 Å². The molecule has 0 saturated heterocycles. The molecular weight excluding hydrogens is 282 g/mol. The van der Waals surface area contributed by atoms with E-state index >= 15 is 0 Å². The minimum absolute atomic E-state index is 0.0855. The van der Waals surface area contributed by atoms with Crippen LogP contribution in [0.3, 0.4) is 0 Å². The molecule has 0 heterocycles. The topological polar surface area (TPSA) is 75.6 Å². The number of rotatable bonds is 8. The molecule has 0 aliphatic rings. The second-order valence-corrected chi connectivity index (χ2v) is 6.28. The Kier molecular flexibility index (Phi) is 6.40. The minimum atomic E-state index is -0.861. The molecule has 0 aromatic heterocycles. The van der Waals surface area contributed by atoms with Gasteiger partial charge in [-0.05, 0) is 51.8 Å². The van der Waals surface area contributed by atoms with E-state index in [0.29, 0.717) is 13.0 Å². The van der Waals surface area contributed by atoms with E-state index in [9.17, 15) is 9.59 Å². The van der Waals surface area contributed by atoms with Crippen LogP contribution in [0.2, 0.25) is 0 Å². The van der Waals surface area contributed by atoms with E-state index in [0.717, 1.165) is 11.3 Å². The third kappa shape index (κ3) is 6.16. The number of amides is 1. The first-order valence-electron chi connectivity index (χ1n) is 7.46.